The van der Waals surface area contributed by atoms with Gasteiger partial charge in [-0.05, 0) is 55.0 Å². The van der Waals surface area contributed by atoms with Crippen molar-refractivity contribution in [3.05, 3.63) is 125 Å². The molecule has 2 N–H and O–H groups in total. The fraction of sp³-hybridized carbons (Fsp3) is 0.297. The summed E-state index contributed by atoms with van der Waals surface area (Å²) in [4.78, 5) is 44.9. The fourth-order valence-corrected chi connectivity index (χ4v) is 6.44. The Hall–Kier alpha value is -5.34. The van der Waals surface area contributed by atoms with Crippen molar-refractivity contribution in [2.75, 3.05) is 44.3 Å². The molecule has 2 aliphatic heterocycles. The standard InChI is InChI=1S/C37H36F4N6O4/c1-3-46-35-31(29(44-47(35)28-10-5-4-6-11-28)21-42-33(48)23(2)22-45-16-18-51-19-17-45)30(24-12-14-27(38)15-13-24)32(36(46)50)43-34(49)25-8-7-9-26(20-25)37(39,40)41/h4-15,20,30,32H,2-3,16-19,21-22H2,1H3,(H,42,48)(H,43,49)/t30-,32-/m0/s1. The van der Waals surface area contributed by atoms with Crippen LogP contribution in [0.4, 0.5) is 23.4 Å². The quantitative estimate of drug-likeness (QED) is 0.181. The van der Waals surface area contributed by atoms with Gasteiger partial charge in [-0.3, -0.25) is 24.2 Å². The molecule has 6 rings (SSSR count). The van der Waals surface area contributed by atoms with Gasteiger partial charge in [-0.2, -0.15) is 18.3 Å². The van der Waals surface area contributed by atoms with Crippen molar-refractivity contribution in [1.82, 2.24) is 25.3 Å². The number of para-hydroxylation sites is 1. The first-order valence-corrected chi connectivity index (χ1v) is 16.4. The molecule has 0 aliphatic carbocycles. The minimum atomic E-state index is -4.69. The summed E-state index contributed by atoms with van der Waals surface area (Å²) in [5.41, 5.74) is 0.900. The van der Waals surface area contributed by atoms with Crippen LogP contribution in [0.1, 0.15) is 45.6 Å². The van der Waals surface area contributed by atoms with E-state index < -0.39 is 47.2 Å². The number of carbonyl (C=O) groups excluding carboxylic acids is 3. The van der Waals surface area contributed by atoms with Crippen molar-refractivity contribution in [2.45, 2.75) is 31.6 Å². The van der Waals surface area contributed by atoms with Crippen LogP contribution in [-0.2, 0) is 27.0 Å². The van der Waals surface area contributed by atoms with Crippen LogP contribution in [0.5, 0.6) is 0 Å². The summed E-state index contributed by atoms with van der Waals surface area (Å²) in [6.07, 6.45) is -4.69. The number of morpholine rings is 1. The summed E-state index contributed by atoms with van der Waals surface area (Å²) in [5, 5.41) is 10.5. The number of rotatable bonds is 10. The minimum absolute atomic E-state index is 0.0964. The highest BCUT2D eigenvalue weighted by Gasteiger charge is 2.46. The van der Waals surface area contributed by atoms with Crippen molar-refractivity contribution >= 4 is 23.5 Å². The molecule has 3 aromatic carbocycles. The van der Waals surface area contributed by atoms with Gasteiger partial charge in [0.2, 0.25) is 5.91 Å². The molecular formula is C37H36F4N6O4. The van der Waals surface area contributed by atoms with Gasteiger partial charge in [0.25, 0.3) is 11.8 Å². The second-order valence-corrected chi connectivity index (χ2v) is 12.2. The summed E-state index contributed by atoms with van der Waals surface area (Å²) in [6, 6.07) is 17.0. The zero-order valence-electron chi connectivity index (χ0n) is 27.8. The van der Waals surface area contributed by atoms with Crippen LogP contribution in [0.15, 0.2) is 91.0 Å². The van der Waals surface area contributed by atoms with Gasteiger partial charge >= 0.3 is 6.18 Å². The number of ether oxygens (including phenoxy) is 1. The molecule has 0 unspecified atom stereocenters. The third-order valence-electron chi connectivity index (χ3n) is 8.95. The van der Waals surface area contributed by atoms with Crippen molar-refractivity contribution in [1.29, 1.82) is 0 Å². The summed E-state index contributed by atoms with van der Waals surface area (Å²) >= 11 is 0. The van der Waals surface area contributed by atoms with E-state index in [4.69, 9.17) is 9.84 Å². The molecule has 2 aliphatic rings. The highest BCUT2D eigenvalue weighted by atomic mass is 19.4. The van der Waals surface area contributed by atoms with E-state index in [1.54, 1.807) is 35.9 Å². The molecule has 1 fully saturated rings. The SMILES string of the molecule is C=C(CN1CCOCC1)C(=O)NCc1nn(-c2ccccc2)c2c1[C@H](c1ccc(F)cc1)[C@H](NC(=O)c1cccc(C(F)(F)F)c1)C(=O)N2CC. The molecular weight excluding hydrogens is 668 g/mol. The van der Waals surface area contributed by atoms with E-state index in [1.807, 2.05) is 6.07 Å². The molecule has 0 radical (unpaired) electrons. The minimum Gasteiger partial charge on any atom is -0.379 e. The number of carbonyl (C=O) groups is 3. The third-order valence-corrected chi connectivity index (χ3v) is 8.95. The smallest absolute Gasteiger partial charge is 0.379 e. The van der Waals surface area contributed by atoms with Gasteiger partial charge in [0, 0.05) is 48.8 Å². The number of amides is 3. The highest BCUT2D eigenvalue weighted by molar-refractivity contribution is 6.05. The molecule has 0 bridgehead atoms. The molecule has 2 atom stereocenters. The Kier molecular flexibility index (Phi) is 10.3. The number of halogens is 4. The summed E-state index contributed by atoms with van der Waals surface area (Å²) in [6.45, 7) is 8.53. The maximum Gasteiger partial charge on any atom is 0.416 e. The first-order chi connectivity index (χ1) is 24.5. The Balaban J connectivity index is 1.43. The Labute approximate surface area is 291 Å². The lowest BCUT2D eigenvalue weighted by Gasteiger charge is -2.38. The Morgan fingerprint density at radius 3 is 2.37 bits per heavy atom. The van der Waals surface area contributed by atoms with E-state index in [1.165, 1.54) is 35.2 Å². The van der Waals surface area contributed by atoms with E-state index in [9.17, 15) is 31.9 Å². The third kappa shape index (κ3) is 7.56. The molecule has 4 aromatic rings. The van der Waals surface area contributed by atoms with Crippen molar-refractivity contribution < 1.29 is 36.7 Å². The number of hydrogen-bond donors (Lipinski definition) is 2. The number of hydrogen-bond acceptors (Lipinski definition) is 6. The Bertz CT molecular complexity index is 1920. The van der Waals surface area contributed by atoms with Crippen LogP contribution in [0, 0.1) is 5.82 Å². The van der Waals surface area contributed by atoms with Crippen LogP contribution in [0.2, 0.25) is 0 Å². The lowest BCUT2D eigenvalue weighted by atomic mass is 9.80. The van der Waals surface area contributed by atoms with Crippen molar-refractivity contribution in [2.24, 2.45) is 0 Å². The van der Waals surface area contributed by atoms with Crippen LogP contribution in [0.25, 0.3) is 5.69 Å². The van der Waals surface area contributed by atoms with Crippen LogP contribution in [-0.4, -0.2) is 77.8 Å². The van der Waals surface area contributed by atoms with Gasteiger partial charge in [-0.25, -0.2) is 9.07 Å². The van der Waals surface area contributed by atoms with E-state index in [0.717, 1.165) is 18.2 Å². The molecule has 10 nitrogen and oxygen atoms in total. The predicted octanol–water partition coefficient (Wildman–Crippen LogP) is 4.83. The number of fused-ring (bicyclic) bond motifs is 1. The zero-order chi connectivity index (χ0) is 36.3. The largest absolute Gasteiger partial charge is 0.416 e. The second-order valence-electron chi connectivity index (χ2n) is 12.2. The number of likely N-dealkylation sites (N-methyl/N-ethyl adjacent to an activating group) is 1. The van der Waals surface area contributed by atoms with Gasteiger partial charge in [0.1, 0.15) is 17.7 Å². The zero-order valence-corrected chi connectivity index (χ0v) is 27.8. The molecule has 3 heterocycles. The number of aromatic nitrogens is 2. The number of nitrogens with one attached hydrogen (secondary N) is 2. The van der Waals surface area contributed by atoms with Gasteiger partial charge in [-0.1, -0.05) is 43.0 Å². The first kappa shape index (κ1) is 35.5. The molecule has 0 spiro atoms. The average molecular weight is 705 g/mol. The number of alkyl halides is 3. The monoisotopic (exact) mass is 704 g/mol. The Morgan fingerprint density at radius 2 is 1.71 bits per heavy atom. The molecule has 0 saturated carbocycles. The molecule has 51 heavy (non-hydrogen) atoms. The van der Waals surface area contributed by atoms with Crippen molar-refractivity contribution in [3.63, 3.8) is 0 Å². The van der Waals surface area contributed by atoms with Crippen LogP contribution >= 0.6 is 0 Å². The normalized spacial score (nSPS) is 17.9. The highest BCUT2D eigenvalue weighted by Crippen LogP contribution is 2.44. The maximum absolute atomic E-state index is 14.4. The number of nitrogens with zero attached hydrogens (tertiary/aromatic N) is 4. The van der Waals surface area contributed by atoms with E-state index in [-0.39, 0.29) is 18.7 Å². The summed E-state index contributed by atoms with van der Waals surface area (Å²) in [7, 11) is 0. The van der Waals surface area contributed by atoms with Crippen LogP contribution in [0.3, 0.4) is 0 Å². The number of benzene rings is 3. The van der Waals surface area contributed by atoms with Gasteiger partial charge in [-0.15, -0.1) is 0 Å². The molecule has 14 heteroatoms. The number of anilines is 1. The van der Waals surface area contributed by atoms with Gasteiger partial charge in [0.15, 0.2) is 0 Å². The second kappa shape index (κ2) is 14.9. The molecule has 266 valence electrons. The molecule has 1 aromatic heterocycles. The Morgan fingerprint density at radius 1 is 1.00 bits per heavy atom. The van der Waals surface area contributed by atoms with E-state index in [2.05, 4.69) is 22.1 Å². The lowest BCUT2D eigenvalue weighted by Crippen LogP contribution is -2.55. The molecule has 1 saturated heterocycles. The average Bonchev–Trinajstić information content (AvgIpc) is 3.50. The van der Waals surface area contributed by atoms with E-state index >= 15 is 0 Å². The topological polar surface area (TPSA) is 109 Å². The summed E-state index contributed by atoms with van der Waals surface area (Å²) in [5.74, 6) is -3.00. The summed E-state index contributed by atoms with van der Waals surface area (Å²) < 4.78 is 61.8. The predicted molar refractivity (Wildman–Crippen MR) is 181 cm³/mol. The lowest BCUT2D eigenvalue weighted by molar-refractivity contribution is -0.137. The van der Waals surface area contributed by atoms with Gasteiger partial charge < -0.3 is 15.4 Å². The van der Waals surface area contributed by atoms with Gasteiger partial charge in [0.05, 0.1) is 36.7 Å². The first-order valence-electron chi connectivity index (χ1n) is 16.4. The fourth-order valence-electron chi connectivity index (χ4n) is 6.44. The van der Waals surface area contributed by atoms with E-state index in [0.29, 0.717) is 66.7 Å². The van der Waals surface area contributed by atoms with Crippen LogP contribution < -0.4 is 15.5 Å². The maximum atomic E-state index is 14.4. The van der Waals surface area contributed by atoms with Crippen molar-refractivity contribution in [3.8, 4) is 5.69 Å². The molecule has 3 amide bonds.